The van der Waals surface area contributed by atoms with Crippen molar-refractivity contribution in [3.63, 3.8) is 0 Å². The van der Waals surface area contributed by atoms with Crippen LogP contribution in [0.3, 0.4) is 0 Å². The van der Waals surface area contributed by atoms with Gasteiger partial charge in [-0.1, -0.05) is 84.4 Å². The minimum absolute atomic E-state index is 0.0844. The Hall–Kier alpha value is -3.95. The normalized spacial score (nSPS) is 16.6. The molecule has 1 saturated carbocycles. The lowest BCUT2D eigenvalue weighted by molar-refractivity contribution is -0.146. The fourth-order valence-electron chi connectivity index (χ4n) is 5.74. The number of fused-ring (bicyclic) bond motifs is 1. The molecule has 0 radical (unpaired) electrons. The van der Waals surface area contributed by atoms with E-state index in [1.807, 2.05) is 86.6 Å². The Balaban J connectivity index is 1.34. The molecule has 1 aliphatic heterocycles. The Kier molecular flexibility index (Phi) is 9.96. The van der Waals surface area contributed by atoms with Crippen LogP contribution in [-0.4, -0.2) is 33.4 Å². The monoisotopic (exact) mass is 644 g/mol. The molecule has 4 aromatic rings. The standard InChI is InChI=1S/C35H37ClN4O4S/c1-3-42-30-20-25(18-19-29(30)43-21-24-12-6-4-7-13-24)32-31(33(41)44-27-15-8-5-9-16-27)23(2)37-34-38-35(39-40(32)34)45-22-26-14-10-11-17-28(26)36/h4,6-7,10-14,17-20,27,32H,3,5,8-9,15-16,21-22H2,1-2H3,(H,37,38,39). The highest BCUT2D eigenvalue weighted by molar-refractivity contribution is 7.98. The van der Waals surface area contributed by atoms with Crippen LogP contribution >= 0.6 is 23.4 Å². The summed E-state index contributed by atoms with van der Waals surface area (Å²) >= 11 is 7.90. The van der Waals surface area contributed by atoms with Gasteiger partial charge in [-0.2, -0.15) is 4.98 Å². The molecule has 3 aromatic carbocycles. The molecule has 1 unspecified atom stereocenters. The molecule has 8 nitrogen and oxygen atoms in total. The predicted molar refractivity (Wildman–Crippen MR) is 177 cm³/mol. The molecule has 1 N–H and O–H groups in total. The summed E-state index contributed by atoms with van der Waals surface area (Å²) in [5.41, 5.74) is 4.06. The number of esters is 1. The maximum Gasteiger partial charge on any atom is 0.338 e. The third-order valence-electron chi connectivity index (χ3n) is 8.01. The molecule has 0 saturated heterocycles. The molecule has 1 atom stereocenters. The first-order valence-corrected chi connectivity index (χ1v) is 16.8. The number of halogens is 1. The second kappa shape index (κ2) is 14.4. The van der Waals surface area contributed by atoms with E-state index in [0.717, 1.165) is 42.4 Å². The summed E-state index contributed by atoms with van der Waals surface area (Å²) < 4.78 is 20.1. The molecule has 1 aliphatic carbocycles. The van der Waals surface area contributed by atoms with Gasteiger partial charge in [0.1, 0.15) is 18.8 Å². The third kappa shape index (κ3) is 7.31. The van der Waals surface area contributed by atoms with Crippen LogP contribution in [0.2, 0.25) is 5.02 Å². The number of anilines is 1. The molecule has 1 fully saturated rings. The van der Waals surface area contributed by atoms with E-state index in [4.69, 9.17) is 35.9 Å². The summed E-state index contributed by atoms with van der Waals surface area (Å²) in [4.78, 5) is 18.7. The van der Waals surface area contributed by atoms with E-state index < -0.39 is 6.04 Å². The van der Waals surface area contributed by atoms with Gasteiger partial charge < -0.3 is 19.5 Å². The number of aromatic nitrogens is 3. The summed E-state index contributed by atoms with van der Waals surface area (Å²) in [6, 6.07) is 23.0. The number of carbonyl (C=O) groups is 1. The zero-order chi connectivity index (χ0) is 31.2. The Labute approximate surface area is 273 Å². The molecule has 0 spiro atoms. The number of rotatable bonds is 11. The van der Waals surface area contributed by atoms with Crippen molar-refractivity contribution in [1.29, 1.82) is 0 Å². The van der Waals surface area contributed by atoms with Crippen LogP contribution < -0.4 is 14.8 Å². The van der Waals surface area contributed by atoms with Gasteiger partial charge in [-0.25, -0.2) is 9.48 Å². The molecule has 234 valence electrons. The highest BCUT2D eigenvalue weighted by Crippen LogP contribution is 2.41. The molecule has 45 heavy (non-hydrogen) atoms. The minimum Gasteiger partial charge on any atom is -0.490 e. The van der Waals surface area contributed by atoms with E-state index in [1.165, 1.54) is 18.2 Å². The molecule has 0 amide bonds. The van der Waals surface area contributed by atoms with Gasteiger partial charge in [-0.3, -0.25) is 0 Å². The van der Waals surface area contributed by atoms with E-state index in [2.05, 4.69) is 5.32 Å². The average Bonchev–Trinajstić information content (AvgIpc) is 3.46. The summed E-state index contributed by atoms with van der Waals surface area (Å²) in [5.74, 6) is 2.04. The number of hydrogen-bond acceptors (Lipinski definition) is 8. The summed E-state index contributed by atoms with van der Waals surface area (Å²) in [6.45, 7) is 4.69. The number of allylic oxidation sites excluding steroid dienone is 1. The molecule has 1 aromatic heterocycles. The van der Waals surface area contributed by atoms with Crippen LogP contribution in [0.15, 0.2) is 89.2 Å². The van der Waals surface area contributed by atoms with E-state index >= 15 is 0 Å². The number of benzene rings is 3. The van der Waals surface area contributed by atoms with Crippen molar-refractivity contribution in [3.05, 3.63) is 106 Å². The number of carbonyl (C=O) groups excluding carboxylic acids is 1. The summed E-state index contributed by atoms with van der Waals surface area (Å²) in [5, 5.41) is 9.49. The number of thioether (sulfide) groups is 1. The van der Waals surface area contributed by atoms with Gasteiger partial charge in [-0.05, 0) is 74.4 Å². The van der Waals surface area contributed by atoms with E-state index in [-0.39, 0.29) is 12.1 Å². The summed E-state index contributed by atoms with van der Waals surface area (Å²) in [7, 11) is 0. The lowest BCUT2D eigenvalue weighted by atomic mass is 9.94. The Morgan fingerprint density at radius 3 is 2.56 bits per heavy atom. The fraction of sp³-hybridized carbons (Fsp3) is 0.343. The van der Waals surface area contributed by atoms with Crippen molar-refractivity contribution in [3.8, 4) is 11.5 Å². The maximum atomic E-state index is 13.9. The number of nitrogens with zero attached hydrogens (tertiary/aromatic N) is 3. The average molecular weight is 645 g/mol. The Morgan fingerprint density at radius 1 is 1.00 bits per heavy atom. The largest absolute Gasteiger partial charge is 0.490 e. The zero-order valence-electron chi connectivity index (χ0n) is 25.5. The van der Waals surface area contributed by atoms with Gasteiger partial charge in [0.2, 0.25) is 11.1 Å². The third-order valence-corrected chi connectivity index (χ3v) is 9.27. The van der Waals surface area contributed by atoms with Crippen LogP contribution in [0, 0.1) is 0 Å². The molecular formula is C35H37ClN4O4S. The smallest absolute Gasteiger partial charge is 0.338 e. The first-order chi connectivity index (χ1) is 22.0. The SMILES string of the molecule is CCOc1cc(C2C(C(=O)OC3CCCCC3)=C(C)Nc3nc(SCc4ccccc4Cl)nn32)ccc1OCc1ccccc1. The second-order valence-electron chi connectivity index (χ2n) is 11.2. The first-order valence-electron chi connectivity index (χ1n) is 15.4. The van der Waals surface area contributed by atoms with E-state index in [9.17, 15) is 4.79 Å². The lowest BCUT2D eigenvalue weighted by Gasteiger charge is -2.30. The quantitative estimate of drug-likeness (QED) is 0.129. The predicted octanol–water partition coefficient (Wildman–Crippen LogP) is 8.37. The topological polar surface area (TPSA) is 87.5 Å². The zero-order valence-corrected chi connectivity index (χ0v) is 27.1. The lowest BCUT2D eigenvalue weighted by Crippen LogP contribution is -2.32. The van der Waals surface area contributed by atoms with Crippen LogP contribution in [0.25, 0.3) is 0 Å². The van der Waals surface area contributed by atoms with Crippen LogP contribution in [0.1, 0.15) is 68.7 Å². The molecule has 2 heterocycles. The Bertz CT molecular complexity index is 1670. The Morgan fingerprint density at radius 2 is 1.78 bits per heavy atom. The molecule has 0 bridgehead atoms. The van der Waals surface area contributed by atoms with Crippen molar-refractivity contribution >= 4 is 35.3 Å². The molecular weight excluding hydrogens is 608 g/mol. The van der Waals surface area contributed by atoms with Gasteiger partial charge in [0, 0.05) is 16.5 Å². The van der Waals surface area contributed by atoms with E-state index in [0.29, 0.717) is 57.9 Å². The van der Waals surface area contributed by atoms with Gasteiger partial charge in [-0.15, -0.1) is 5.10 Å². The van der Waals surface area contributed by atoms with Crippen molar-refractivity contribution in [2.45, 2.75) is 75.6 Å². The van der Waals surface area contributed by atoms with Crippen LogP contribution in [-0.2, 0) is 21.9 Å². The first kappa shape index (κ1) is 31.0. The van der Waals surface area contributed by atoms with Crippen LogP contribution in [0.4, 0.5) is 5.95 Å². The minimum atomic E-state index is -0.582. The van der Waals surface area contributed by atoms with Crippen LogP contribution in [0.5, 0.6) is 11.5 Å². The molecule has 10 heteroatoms. The number of ether oxygens (including phenoxy) is 3. The van der Waals surface area contributed by atoms with Gasteiger partial charge in [0.15, 0.2) is 11.5 Å². The van der Waals surface area contributed by atoms with Crippen molar-refractivity contribution in [2.24, 2.45) is 0 Å². The van der Waals surface area contributed by atoms with Gasteiger partial charge >= 0.3 is 5.97 Å². The summed E-state index contributed by atoms with van der Waals surface area (Å²) in [6.07, 6.45) is 5.00. The molecule has 6 rings (SSSR count). The molecule has 2 aliphatic rings. The highest BCUT2D eigenvalue weighted by Gasteiger charge is 2.37. The van der Waals surface area contributed by atoms with Gasteiger partial charge in [0.25, 0.3) is 0 Å². The number of hydrogen-bond donors (Lipinski definition) is 1. The highest BCUT2D eigenvalue weighted by atomic mass is 35.5. The van der Waals surface area contributed by atoms with Gasteiger partial charge in [0.05, 0.1) is 12.2 Å². The maximum absolute atomic E-state index is 13.9. The van der Waals surface area contributed by atoms with Crippen molar-refractivity contribution in [1.82, 2.24) is 14.8 Å². The van der Waals surface area contributed by atoms with Crippen molar-refractivity contribution < 1.29 is 19.0 Å². The van der Waals surface area contributed by atoms with E-state index in [1.54, 1.807) is 4.68 Å². The number of nitrogens with one attached hydrogen (secondary N) is 1. The van der Waals surface area contributed by atoms with Crippen molar-refractivity contribution in [2.75, 3.05) is 11.9 Å². The second-order valence-corrected chi connectivity index (χ2v) is 12.5. The fourth-order valence-corrected chi connectivity index (χ4v) is 6.85.